The molecule has 4 heteroatoms. The molecule has 0 spiro atoms. The fourth-order valence-electron chi connectivity index (χ4n) is 3.18. The highest BCUT2D eigenvalue weighted by Gasteiger charge is 2.37. The molecule has 1 saturated heterocycles. The summed E-state index contributed by atoms with van der Waals surface area (Å²) in [6.07, 6.45) is 3.22. The number of carbonyl (C=O) groups excluding carboxylic acids is 1. The van der Waals surface area contributed by atoms with E-state index in [0.29, 0.717) is 6.54 Å². The lowest BCUT2D eigenvalue weighted by Crippen LogP contribution is -2.42. The Morgan fingerprint density at radius 2 is 1.79 bits per heavy atom. The Labute approximate surface area is 113 Å². The third-order valence-corrected chi connectivity index (χ3v) is 4.19. The highest BCUT2D eigenvalue weighted by Crippen LogP contribution is 2.31. The first-order valence-electron chi connectivity index (χ1n) is 7.03. The molecule has 1 heterocycles. The van der Waals surface area contributed by atoms with Crippen molar-refractivity contribution in [1.82, 2.24) is 10.2 Å². The summed E-state index contributed by atoms with van der Waals surface area (Å²) >= 11 is 0. The van der Waals surface area contributed by atoms with Gasteiger partial charge < -0.3 is 10.0 Å². The van der Waals surface area contributed by atoms with Gasteiger partial charge in [0.25, 0.3) is 0 Å². The zero-order chi connectivity index (χ0) is 13.2. The smallest absolute Gasteiger partial charge is 0.238 e. The molecule has 0 bridgehead atoms. The van der Waals surface area contributed by atoms with E-state index in [1.807, 2.05) is 23.1 Å². The van der Waals surface area contributed by atoms with Gasteiger partial charge in [0, 0.05) is 6.04 Å². The van der Waals surface area contributed by atoms with E-state index in [4.69, 9.17) is 0 Å². The maximum atomic E-state index is 12.1. The second-order valence-corrected chi connectivity index (χ2v) is 5.46. The molecule has 2 N–H and O–H groups in total. The summed E-state index contributed by atoms with van der Waals surface area (Å²) in [5.74, 6) is 0.176. The zero-order valence-electron chi connectivity index (χ0n) is 11.0. The first-order valence-corrected chi connectivity index (χ1v) is 7.03. The van der Waals surface area contributed by atoms with Gasteiger partial charge in [0.1, 0.15) is 6.17 Å². The number of hydrogen-bond donors (Lipinski definition) is 2. The quantitative estimate of drug-likeness (QED) is 0.845. The number of carbonyl (C=O) groups is 1. The minimum atomic E-state index is -0.183. The number of rotatable bonds is 2. The van der Waals surface area contributed by atoms with Crippen molar-refractivity contribution in [3.05, 3.63) is 35.9 Å². The van der Waals surface area contributed by atoms with Gasteiger partial charge in [-0.15, -0.1) is 0 Å². The minimum Gasteiger partial charge on any atom is -0.393 e. The molecule has 2 fully saturated rings. The summed E-state index contributed by atoms with van der Waals surface area (Å²) in [5.41, 5.74) is 1.14. The van der Waals surface area contributed by atoms with Gasteiger partial charge >= 0.3 is 0 Å². The summed E-state index contributed by atoms with van der Waals surface area (Å²) < 4.78 is 0. The average Bonchev–Trinajstić information content (AvgIpc) is 2.83. The van der Waals surface area contributed by atoms with E-state index in [2.05, 4.69) is 17.4 Å². The first-order chi connectivity index (χ1) is 9.25. The average molecular weight is 260 g/mol. The molecule has 102 valence electrons. The van der Waals surface area contributed by atoms with Crippen LogP contribution in [0.25, 0.3) is 0 Å². The third kappa shape index (κ3) is 2.51. The van der Waals surface area contributed by atoms with Crippen molar-refractivity contribution < 1.29 is 9.90 Å². The lowest BCUT2D eigenvalue weighted by atomic mass is 9.91. The van der Waals surface area contributed by atoms with Crippen molar-refractivity contribution >= 4 is 5.91 Å². The van der Waals surface area contributed by atoms with E-state index < -0.39 is 0 Å². The fourth-order valence-corrected chi connectivity index (χ4v) is 3.18. The predicted molar refractivity (Wildman–Crippen MR) is 72.3 cm³/mol. The van der Waals surface area contributed by atoms with E-state index >= 15 is 0 Å². The van der Waals surface area contributed by atoms with Crippen LogP contribution >= 0.6 is 0 Å². The van der Waals surface area contributed by atoms with Crippen LogP contribution in [0.15, 0.2) is 30.3 Å². The van der Waals surface area contributed by atoms with Gasteiger partial charge in [-0.05, 0) is 31.2 Å². The second kappa shape index (κ2) is 5.31. The van der Waals surface area contributed by atoms with Crippen molar-refractivity contribution in [2.75, 3.05) is 6.54 Å². The molecule has 1 unspecified atom stereocenters. The summed E-state index contributed by atoms with van der Waals surface area (Å²) in [7, 11) is 0. The van der Waals surface area contributed by atoms with Crippen LogP contribution in [0.5, 0.6) is 0 Å². The van der Waals surface area contributed by atoms with E-state index in [1.54, 1.807) is 0 Å². The highest BCUT2D eigenvalue weighted by molar-refractivity contribution is 5.81. The van der Waals surface area contributed by atoms with E-state index in [1.165, 1.54) is 0 Å². The highest BCUT2D eigenvalue weighted by atomic mass is 16.3. The Bertz CT molecular complexity index is 441. The monoisotopic (exact) mass is 260 g/mol. The van der Waals surface area contributed by atoms with Gasteiger partial charge in [0.15, 0.2) is 0 Å². The molecule has 2 aliphatic rings. The molecule has 0 radical (unpaired) electrons. The molecule has 3 rings (SSSR count). The molecule has 1 aromatic carbocycles. The summed E-state index contributed by atoms with van der Waals surface area (Å²) in [5, 5.41) is 12.9. The number of benzene rings is 1. The van der Waals surface area contributed by atoms with Gasteiger partial charge in [0.2, 0.25) is 5.91 Å². The molecule has 1 saturated carbocycles. The maximum absolute atomic E-state index is 12.1. The third-order valence-electron chi connectivity index (χ3n) is 4.19. The largest absolute Gasteiger partial charge is 0.393 e. The van der Waals surface area contributed by atoms with Crippen LogP contribution in [-0.4, -0.2) is 34.6 Å². The topological polar surface area (TPSA) is 52.6 Å². The molecule has 1 atom stereocenters. The van der Waals surface area contributed by atoms with Crippen LogP contribution in [0.1, 0.15) is 37.4 Å². The molecule has 0 aromatic heterocycles. The van der Waals surface area contributed by atoms with Crippen LogP contribution in [0.3, 0.4) is 0 Å². The molecule has 1 aliphatic heterocycles. The fraction of sp³-hybridized carbons (Fsp3) is 0.533. The van der Waals surface area contributed by atoms with Crippen LogP contribution in [-0.2, 0) is 4.79 Å². The number of aliphatic hydroxyl groups is 1. The summed E-state index contributed by atoms with van der Waals surface area (Å²) in [6, 6.07) is 10.4. The Morgan fingerprint density at radius 1 is 1.11 bits per heavy atom. The molecule has 1 aromatic rings. The van der Waals surface area contributed by atoms with Crippen LogP contribution in [0.4, 0.5) is 0 Å². The van der Waals surface area contributed by atoms with Gasteiger partial charge in [-0.1, -0.05) is 30.3 Å². The van der Waals surface area contributed by atoms with Crippen molar-refractivity contribution in [2.45, 2.75) is 44.0 Å². The minimum absolute atomic E-state index is 0.00561. The SMILES string of the molecule is O=C1CNC(c2ccccc2)N1C1CCC(O)CC1. The second-order valence-electron chi connectivity index (χ2n) is 5.46. The number of hydrogen-bond acceptors (Lipinski definition) is 3. The van der Waals surface area contributed by atoms with Crippen molar-refractivity contribution in [1.29, 1.82) is 0 Å². The van der Waals surface area contributed by atoms with Crippen molar-refractivity contribution in [3.63, 3.8) is 0 Å². The summed E-state index contributed by atoms with van der Waals surface area (Å²) in [6.45, 7) is 0.415. The van der Waals surface area contributed by atoms with Gasteiger partial charge in [-0.25, -0.2) is 0 Å². The molecular formula is C15H20N2O2. The number of nitrogens with one attached hydrogen (secondary N) is 1. The van der Waals surface area contributed by atoms with Crippen LogP contribution in [0.2, 0.25) is 0 Å². The Hall–Kier alpha value is -1.39. The lowest BCUT2D eigenvalue weighted by molar-refractivity contribution is -0.131. The zero-order valence-corrected chi connectivity index (χ0v) is 11.0. The van der Waals surface area contributed by atoms with Gasteiger partial charge in [-0.2, -0.15) is 0 Å². The van der Waals surface area contributed by atoms with E-state index in [9.17, 15) is 9.90 Å². The van der Waals surface area contributed by atoms with Crippen LogP contribution in [0, 0.1) is 0 Å². The first kappa shape index (κ1) is 12.6. The normalized spacial score (nSPS) is 31.7. The molecule has 4 nitrogen and oxygen atoms in total. The van der Waals surface area contributed by atoms with E-state index in [-0.39, 0.29) is 24.2 Å². The number of aliphatic hydroxyl groups excluding tert-OH is 1. The Morgan fingerprint density at radius 3 is 2.47 bits per heavy atom. The van der Waals surface area contributed by atoms with Crippen molar-refractivity contribution in [2.24, 2.45) is 0 Å². The van der Waals surface area contributed by atoms with Gasteiger partial charge in [0.05, 0.1) is 12.6 Å². The van der Waals surface area contributed by atoms with Gasteiger partial charge in [-0.3, -0.25) is 10.1 Å². The van der Waals surface area contributed by atoms with Crippen LogP contribution < -0.4 is 5.32 Å². The molecular weight excluding hydrogens is 240 g/mol. The molecule has 1 amide bonds. The molecule has 1 aliphatic carbocycles. The Kier molecular flexibility index (Phi) is 3.53. The standard InChI is InChI=1S/C15H20N2O2/c18-13-8-6-12(7-9-13)17-14(19)10-16-15(17)11-4-2-1-3-5-11/h1-5,12-13,15-16,18H,6-10H2. The number of nitrogens with zero attached hydrogens (tertiary/aromatic N) is 1. The number of amides is 1. The van der Waals surface area contributed by atoms with Crippen molar-refractivity contribution in [3.8, 4) is 0 Å². The molecule has 19 heavy (non-hydrogen) atoms. The lowest BCUT2D eigenvalue weighted by Gasteiger charge is -2.36. The predicted octanol–water partition coefficient (Wildman–Crippen LogP) is 1.42. The summed E-state index contributed by atoms with van der Waals surface area (Å²) in [4.78, 5) is 14.1. The maximum Gasteiger partial charge on any atom is 0.238 e. The Balaban J connectivity index is 1.79. The van der Waals surface area contributed by atoms with E-state index in [0.717, 1.165) is 31.2 Å².